The second-order valence-corrected chi connectivity index (χ2v) is 10.3. The summed E-state index contributed by atoms with van der Waals surface area (Å²) in [5, 5.41) is 8.13. The van der Waals surface area contributed by atoms with E-state index in [9.17, 15) is 0 Å². The van der Waals surface area contributed by atoms with Crippen molar-refractivity contribution in [3.63, 3.8) is 0 Å². The molecule has 4 rings (SSSR count). The van der Waals surface area contributed by atoms with Crippen LogP contribution in [0.5, 0.6) is 11.5 Å². The summed E-state index contributed by atoms with van der Waals surface area (Å²) in [4.78, 5) is 0. The standard InChI is InChI=1S/C23H17Cl2N2O3PS/c24-17-11-13-21(22(25)15-17)23-14-12-20(28-23)16-26-27-31(32,29-18-7-3-1-4-8-18)30-19-9-5-2-6-10-19/h1-16H,(H,27,32)/b26-16-. The largest absolute Gasteiger partial charge is 0.455 e. The monoisotopic (exact) mass is 502 g/mol. The van der Waals surface area contributed by atoms with Crippen molar-refractivity contribution < 1.29 is 13.5 Å². The Morgan fingerprint density at radius 2 is 1.47 bits per heavy atom. The van der Waals surface area contributed by atoms with Gasteiger partial charge in [0.05, 0.1) is 11.2 Å². The van der Waals surface area contributed by atoms with E-state index in [4.69, 9.17) is 48.5 Å². The first kappa shape index (κ1) is 22.4. The fourth-order valence-electron chi connectivity index (χ4n) is 2.72. The van der Waals surface area contributed by atoms with Gasteiger partial charge in [-0.05, 0) is 54.6 Å². The lowest BCUT2D eigenvalue weighted by molar-refractivity contribution is 0.472. The molecular formula is C23H17Cl2N2O3PS. The molecule has 0 atom stereocenters. The second-order valence-electron chi connectivity index (χ2n) is 6.49. The predicted octanol–water partition coefficient (Wildman–Crippen LogP) is 7.56. The van der Waals surface area contributed by atoms with Crippen molar-refractivity contribution >= 4 is 47.9 Å². The summed E-state index contributed by atoms with van der Waals surface area (Å²) in [6, 6.07) is 27.2. The molecule has 0 saturated heterocycles. The molecule has 1 aromatic heterocycles. The lowest BCUT2D eigenvalue weighted by Crippen LogP contribution is -2.13. The number of halogens is 2. The van der Waals surface area contributed by atoms with Gasteiger partial charge in [-0.3, -0.25) is 0 Å². The Balaban J connectivity index is 1.51. The number of nitrogens with zero attached hydrogens (tertiary/aromatic N) is 1. The van der Waals surface area contributed by atoms with Gasteiger partial charge in [-0.25, -0.2) is 5.20 Å². The van der Waals surface area contributed by atoms with Crippen LogP contribution in [0.1, 0.15) is 5.76 Å². The van der Waals surface area contributed by atoms with Crippen LogP contribution in [0.15, 0.2) is 101 Å². The van der Waals surface area contributed by atoms with Gasteiger partial charge in [0.15, 0.2) is 0 Å². The Labute approximate surface area is 200 Å². The summed E-state index contributed by atoms with van der Waals surface area (Å²) in [6.07, 6.45) is 1.50. The van der Waals surface area contributed by atoms with Crippen LogP contribution in [0.4, 0.5) is 0 Å². The summed E-state index contributed by atoms with van der Waals surface area (Å²) in [5.74, 6) is 2.24. The maximum Gasteiger partial charge on any atom is 0.408 e. The number of furan rings is 1. The van der Waals surface area contributed by atoms with Crippen LogP contribution >= 0.6 is 29.8 Å². The molecule has 0 bridgehead atoms. The van der Waals surface area contributed by atoms with Crippen molar-refractivity contribution in [2.24, 2.45) is 5.10 Å². The zero-order chi connectivity index (χ0) is 22.4. The van der Waals surface area contributed by atoms with E-state index in [1.165, 1.54) is 6.21 Å². The molecule has 32 heavy (non-hydrogen) atoms. The molecule has 0 aliphatic carbocycles. The van der Waals surface area contributed by atoms with E-state index in [-0.39, 0.29) is 0 Å². The number of rotatable bonds is 8. The quantitative estimate of drug-likeness (QED) is 0.153. The summed E-state index contributed by atoms with van der Waals surface area (Å²) >= 11 is 17.9. The van der Waals surface area contributed by atoms with Gasteiger partial charge in [0.25, 0.3) is 0 Å². The fourth-order valence-corrected chi connectivity index (χ4v) is 5.00. The maximum atomic E-state index is 6.26. The number of benzene rings is 3. The van der Waals surface area contributed by atoms with Crippen LogP contribution in [-0.4, -0.2) is 6.21 Å². The van der Waals surface area contributed by atoms with Crippen molar-refractivity contribution in [2.45, 2.75) is 0 Å². The molecule has 4 aromatic rings. The van der Waals surface area contributed by atoms with Crippen LogP contribution in [0.3, 0.4) is 0 Å². The van der Waals surface area contributed by atoms with Crippen molar-refractivity contribution in [1.82, 2.24) is 5.20 Å². The smallest absolute Gasteiger partial charge is 0.408 e. The zero-order valence-corrected chi connectivity index (χ0v) is 19.7. The Hall–Kier alpha value is -2.76. The summed E-state index contributed by atoms with van der Waals surface area (Å²) in [7, 11) is 0. The molecule has 5 nitrogen and oxygen atoms in total. The van der Waals surface area contributed by atoms with Crippen LogP contribution in [-0.2, 0) is 11.8 Å². The van der Waals surface area contributed by atoms with Crippen molar-refractivity contribution in [3.05, 3.63) is 107 Å². The first-order chi connectivity index (χ1) is 15.5. The molecule has 9 heteroatoms. The maximum absolute atomic E-state index is 6.26. The second kappa shape index (κ2) is 10.2. The van der Waals surface area contributed by atoms with Gasteiger partial charge >= 0.3 is 6.64 Å². The number of nitrogens with one attached hydrogen (secondary N) is 1. The molecule has 0 saturated carbocycles. The highest BCUT2D eigenvalue weighted by molar-refractivity contribution is 8.09. The topological polar surface area (TPSA) is 56.0 Å². The van der Waals surface area contributed by atoms with Crippen LogP contribution in [0.2, 0.25) is 10.0 Å². The molecule has 3 aromatic carbocycles. The molecule has 0 spiro atoms. The molecule has 0 aliphatic rings. The van der Waals surface area contributed by atoms with Crippen LogP contribution < -0.4 is 14.2 Å². The minimum absolute atomic E-state index is 0.497. The highest BCUT2D eigenvalue weighted by atomic mass is 35.5. The summed E-state index contributed by atoms with van der Waals surface area (Å²) < 4.78 is 17.7. The van der Waals surface area contributed by atoms with E-state index >= 15 is 0 Å². The summed E-state index contributed by atoms with van der Waals surface area (Å²) in [5.41, 5.74) is 0.730. The van der Waals surface area contributed by atoms with E-state index in [1.807, 2.05) is 36.4 Å². The molecule has 0 amide bonds. The first-order valence-corrected chi connectivity index (χ1v) is 12.9. The Kier molecular flexibility index (Phi) is 7.18. The average molecular weight is 503 g/mol. The third-order valence-corrected chi connectivity index (χ3v) is 6.64. The van der Waals surface area contributed by atoms with Gasteiger partial charge in [-0.15, -0.1) is 0 Å². The predicted molar refractivity (Wildman–Crippen MR) is 133 cm³/mol. The van der Waals surface area contributed by atoms with E-state index in [2.05, 4.69) is 10.3 Å². The van der Waals surface area contributed by atoms with E-state index in [0.717, 1.165) is 5.56 Å². The lowest BCUT2D eigenvalue weighted by atomic mass is 10.2. The Bertz CT molecular complexity index is 1220. The van der Waals surface area contributed by atoms with E-state index in [0.29, 0.717) is 33.1 Å². The van der Waals surface area contributed by atoms with Crippen molar-refractivity contribution in [1.29, 1.82) is 0 Å². The minimum Gasteiger partial charge on any atom is -0.455 e. The molecule has 162 valence electrons. The normalized spacial score (nSPS) is 11.4. The molecule has 1 N–H and O–H groups in total. The van der Waals surface area contributed by atoms with Gasteiger partial charge in [-0.2, -0.15) is 5.10 Å². The lowest BCUT2D eigenvalue weighted by Gasteiger charge is -2.22. The van der Waals surface area contributed by atoms with Crippen molar-refractivity contribution in [2.75, 3.05) is 0 Å². The molecule has 0 aliphatic heterocycles. The third-order valence-electron chi connectivity index (χ3n) is 4.13. The van der Waals surface area contributed by atoms with Gasteiger partial charge in [0.1, 0.15) is 23.0 Å². The molecule has 1 heterocycles. The first-order valence-electron chi connectivity index (χ1n) is 9.46. The van der Waals surface area contributed by atoms with E-state index in [1.54, 1.807) is 54.6 Å². The van der Waals surface area contributed by atoms with Crippen molar-refractivity contribution in [3.8, 4) is 22.8 Å². The zero-order valence-electron chi connectivity index (χ0n) is 16.5. The van der Waals surface area contributed by atoms with Gasteiger partial charge in [0, 0.05) is 22.4 Å². The number of hydrazone groups is 1. The Morgan fingerprint density at radius 3 is 2.06 bits per heavy atom. The fraction of sp³-hybridized carbons (Fsp3) is 0. The highest BCUT2D eigenvalue weighted by Crippen LogP contribution is 2.45. The SMILES string of the molecule is S=P(N/N=C\c1ccc(-c2ccc(Cl)cc2Cl)o1)(Oc1ccccc1)Oc1ccccc1. The number of hydrogen-bond acceptors (Lipinski definition) is 5. The van der Waals surface area contributed by atoms with E-state index < -0.39 is 6.64 Å². The number of para-hydroxylation sites is 2. The van der Waals surface area contributed by atoms with Gasteiger partial charge in [0.2, 0.25) is 0 Å². The molecule has 0 unspecified atom stereocenters. The molecule has 0 radical (unpaired) electrons. The van der Waals surface area contributed by atoms with Crippen LogP contribution in [0, 0.1) is 0 Å². The van der Waals surface area contributed by atoms with Gasteiger partial charge < -0.3 is 13.5 Å². The molecular weight excluding hydrogens is 486 g/mol. The third kappa shape index (κ3) is 5.93. The number of hydrogen-bond donors (Lipinski definition) is 1. The van der Waals surface area contributed by atoms with Gasteiger partial charge in [-0.1, -0.05) is 59.6 Å². The average Bonchev–Trinajstić information content (AvgIpc) is 3.23. The van der Waals surface area contributed by atoms with Crippen LogP contribution in [0.25, 0.3) is 11.3 Å². The minimum atomic E-state index is -3.06. The highest BCUT2D eigenvalue weighted by Gasteiger charge is 2.22. The Morgan fingerprint density at radius 1 is 0.844 bits per heavy atom. The molecule has 0 fully saturated rings. The summed E-state index contributed by atoms with van der Waals surface area (Å²) in [6.45, 7) is -3.06.